The molecular weight excluding hydrogens is 156 g/mol. The minimum Gasteiger partial charge on any atom is -0.466 e. The van der Waals surface area contributed by atoms with Crippen LogP contribution in [0.5, 0.6) is 0 Å². The summed E-state index contributed by atoms with van der Waals surface area (Å²) >= 11 is 0. The van der Waals surface area contributed by atoms with Crippen molar-refractivity contribution in [3.63, 3.8) is 0 Å². The van der Waals surface area contributed by atoms with Gasteiger partial charge in [-0.25, -0.2) is 4.79 Å². The summed E-state index contributed by atoms with van der Waals surface area (Å²) in [7, 11) is 0.144. The Bertz CT molecular complexity index is 177. The quantitative estimate of drug-likeness (QED) is 0.362. The van der Waals surface area contributed by atoms with Crippen molar-refractivity contribution in [2.75, 3.05) is 7.11 Å². The highest BCUT2D eigenvalue weighted by atomic mass is 28.3. The molecule has 0 aliphatic rings. The lowest BCUT2D eigenvalue weighted by molar-refractivity contribution is -0.136. The highest BCUT2D eigenvalue weighted by Gasteiger charge is 2.12. The maximum Gasteiger partial charge on any atom is 0.332 e. The number of hydrogen-bond donors (Lipinski definition) is 0. The topological polar surface area (TPSA) is 26.3 Å². The van der Waals surface area contributed by atoms with E-state index in [0.29, 0.717) is 0 Å². The van der Waals surface area contributed by atoms with Crippen LogP contribution in [-0.2, 0) is 9.53 Å². The third kappa shape index (κ3) is 4.78. The maximum absolute atomic E-state index is 10.9. The van der Waals surface area contributed by atoms with Crippen LogP contribution in [0.2, 0.25) is 19.6 Å². The van der Waals surface area contributed by atoms with Gasteiger partial charge in [-0.3, -0.25) is 0 Å². The number of ether oxygens (including phenoxy) is 1. The van der Waals surface area contributed by atoms with Gasteiger partial charge in [-0.15, -0.1) is 0 Å². The summed E-state index contributed by atoms with van der Waals surface area (Å²) < 4.78 is 4.57. The SMILES string of the molecule is COC(=O)/C(C)=C/[Si](C)(C)C. The van der Waals surface area contributed by atoms with Gasteiger partial charge in [0.1, 0.15) is 0 Å². The molecule has 0 saturated carbocycles. The summed E-state index contributed by atoms with van der Waals surface area (Å²) in [4.78, 5) is 10.9. The van der Waals surface area contributed by atoms with Crippen molar-refractivity contribution in [3.8, 4) is 0 Å². The number of hydrogen-bond acceptors (Lipinski definition) is 2. The average molecular weight is 172 g/mol. The van der Waals surface area contributed by atoms with Gasteiger partial charge in [0.15, 0.2) is 0 Å². The Hall–Kier alpha value is -0.573. The van der Waals surface area contributed by atoms with Crippen LogP contribution >= 0.6 is 0 Å². The van der Waals surface area contributed by atoms with Gasteiger partial charge in [-0.2, -0.15) is 0 Å². The Morgan fingerprint density at radius 3 is 2.09 bits per heavy atom. The van der Waals surface area contributed by atoms with E-state index in [4.69, 9.17) is 0 Å². The van der Waals surface area contributed by atoms with Gasteiger partial charge < -0.3 is 4.74 Å². The van der Waals surface area contributed by atoms with Crippen LogP contribution in [0.15, 0.2) is 11.3 Å². The maximum atomic E-state index is 10.9. The molecule has 0 rings (SSSR count). The standard InChI is InChI=1S/C8H16O2Si/c1-7(8(9)10-2)6-11(3,4)5/h6H,1-5H3/b7-6+. The Morgan fingerprint density at radius 2 is 1.82 bits per heavy atom. The van der Waals surface area contributed by atoms with E-state index < -0.39 is 8.07 Å². The summed E-state index contributed by atoms with van der Waals surface area (Å²) in [6.45, 7) is 8.34. The van der Waals surface area contributed by atoms with Crippen molar-refractivity contribution in [2.24, 2.45) is 0 Å². The smallest absolute Gasteiger partial charge is 0.332 e. The number of carbonyl (C=O) groups is 1. The number of methoxy groups -OCH3 is 1. The van der Waals surface area contributed by atoms with Crippen molar-refractivity contribution >= 4 is 14.0 Å². The normalized spacial score (nSPS) is 13.0. The minimum atomic E-state index is -1.26. The second kappa shape index (κ2) is 3.71. The van der Waals surface area contributed by atoms with Crippen molar-refractivity contribution in [1.82, 2.24) is 0 Å². The lowest BCUT2D eigenvalue weighted by Gasteiger charge is -2.10. The molecule has 0 aromatic heterocycles. The first-order chi connectivity index (χ1) is 4.87. The van der Waals surface area contributed by atoms with Gasteiger partial charge in [-0.05, 0) is 6.92 Å². The highest BCUT2D eigenvalue weighted by Crippen LogP contribution is 2.07. The van der Waals surface area contributed by atoms with E-state index in [1.54, 1.807) is 6.92 Å². The van der Waals surface area contributed by atoms with E-state index in [0.717, 1.165) is 5.57 Å². The molecule has 0 unspecified atom stereocenters. The van der Waals surface area contributed by atoms with Gasteiger partial charge in [0, 0.05) is 5.57 Å². The highest BCUT2D eigenvalue weighted by molar-refractivity contribution is 6.81. The van der Waals surface area contributed by atoms with Crippen LogP contribution < -0.4 is 0 Å². The lowest BCUT2D eigenvalue weighted by atomic mass is 10.4. The molecule has 0 aliphatic carbocycles. The van der Waals surface area contributed by atoms with Gasteiger partial charge in [0.25, 0.3) is 0 Å². The second-order valence-corrected chi connectivity index (χ2v) is 8.71. The summed E-state index contributed by atoms with van der Waals surface area (Å²) in [6, 6.07) is 0. The van der Waals surface area contributed by atoms with E-state index in [-0.39, 0.29) is 5.97 Å². The average Bonchev–Trinajstić information content (AvgIpc) is 1.82. The molecule has 0 aromatic rings. The Balaban J connectivity index is 4.34. The fourth-order valence-electron chi connectivity index (χ4n) is 0.869. The van der Waals surface area contributed by atoms with Crippen molar-refractivity contribution in [1.29, 1.82) is 0 Å². The van der Waals surface area contributed by atoms with Crippen LogP contribution in [0.4, 0.5) is 0 Å². The number of esters is 1. The fraction of sp³-hybridized carbons (Fsp3) is 0.625. The summed E-state index contributed by atoms with van der Waals surface area (Å²) in [6.07, 6.45) is 0. The first-order valence-corrected chi connectivity index (χ1v) is 7.22. The zero-order chi connectivity index (χ0) is 9.07. The molecule has 0 fully saturated rings. The molecule has 11 heavy (non-hydrogen) atoms. The Morgan fingerprint density at radius 1 is 1.36 bits per heavy atom. The van der Waals surface area contributed by atoms with Crippen LogP contribution in [-0.4, -0.2) is 21.2 Å². The molecule has 0 amide bonds. The fourth-order valence-corrected chi connectivity index (χ4v) is 2.29. The minimum absolute atomic E-state index is 0.215. The van der Waals surface area contributed by atoms with E-state index >= 15 is 0 Å². The molecule has 3 heteroatoms. The van der Waals surface area contributed by atoms with Crippen molar-refractivity contribution in [2.45, 2.75) is 26.6 Å². The van der Waals surface area contributed by atoms with E-state index in [1.165, 1.54) is 7.11 Å². The van der Waals surface area contributed by atoms with Crippen LogP contribution in [0.25, 0.3) is 0 Å². The first-order valence-electron chi connectivity index (χ1n) is 3.64. The lowest BCUT2D eigenvalue weighted by Crippen LogP contribution is -2.18. The molecule has 2 nitrogen and oxygen atoms in total. The predicted octanol–water partition coefficient (Wildman–Crippen LogP) is 1.98. The van der Waals surface area contributed by atoms with Gasteiger partial charge >= 0.3 is 5.97 Å². The van der Waals surface area contributed by atoms with E-state index in [1.807, 2.05) is 5.70 Å². The monoisotopic (exact) mass is 172 g/mol. The molecule has 0 spiro atoms. The van der Waals surface area contributed by atoms with Gasteiger partial charge in [-0.1, -0.05) is 25.3 Å². The zero-order valence-electron chi connectivity index (χ0n) is 7.89. The van der Waals surface area contributed by atoms with Gasteiger partial charge in [0.05, 0.1) is 15.2 Å². The van der Waals surface area contributed by atoms with Crippen molar-refractivity contribution in [3.05, 3.63) is 11.3 Å². The molecule has 64 valence electrons. The molecule has 0 radical (unpaired) electrons. The molecular formula is C8H16O2Si. The third-order valence-corrected chi connectivity index (χ3v) is 2.46. The molecule has 0 aliphatic heterocycles. The number of carbonyl (C=O) groups excluding carboxylic acids is 1. The molecule has 0 heterocycles. The predicted molar refractivity (Wildman–Crippen MR) is 49.1 cm³/mol. The third-order valence-electron chi connectivity index (χ3n) is 1.16. The van der Waals surface area contributed by atoms with Crippen LogP contribution in [0.3, 0.4) is 0 Å². The number of rotatable bonds is 2. The molecule has 0 atom stereocenters. The molecule has 0 N–H and O–H groups in total. The summed E-state index contributed by atoms with van der Waals surface area (Å²) in [5.41, 5.74) is 2.77. The Kier molecular flexibility index (Phi) is 3.52. The summed E-state index contributed by atoms with van der Waals surface area (Å²) in [5.74, 6) is -0.215. The van der Waals surface area contributed by atoms with Crippen molar-refractivity contribution < 1.29 is 9.53 Å². The zero-order valence-corrected chi connectivity index (χ0v) is 8.89. The molecule has 0 saturated heterocycles. The van der Waals surface area contributed by atoms with E-state index in [2.05, 4.69) is 24.4 Å². The largest absolute Gasteiger partial charge is 0.466 e. The Labute approximate surface area is 69.3 Å². The molecule has 0 bridgehead atoms. The molecule has 0 aromatic carbocycles. The van der Waals surface area contributed by atoms with Gasteiger partial charge in [0.2, 0.25) is 0 Å². The van der Waals surface area contributed by atoms with Crippen LogP contribution in [0.1, 0.15) is 6.92 Å². The summed E-state index contributed by atoms with van der Waals surface area (Å²) in [5, 5.41) is 0. The second-order valence-electron chi connectivity index (χ2n) is 3.68. The van der Waals surface area contributed by atoms with E-state index in [9.17, 15) is 4.79 Å². The van der Waals surface area contributed by atoms with Crippen LogP contribution in [0, 0.1) is 0 Å². The first kappa shape index (κ1) is 10.4.